The van der Waals surface area contributed by atoms with E-state index in [1.54, 1.807) is 0 Å². The van der Waals surface area contributed by atoms with Crippen molar-refractivity contribution in [2.45, 2.75) is 6.43 Å². The smallest absolute Gasteiger partial charge is 0.261 e. The summed E-state index contributed by atoms with van der Waals surface area (Å²) >= 11 is 11.4. The van der Waals surface area contributed by atoms with E-state index in [1.807, 2.05) is 0 Å². The lowest BCUT2D eigenvalue weighted by atomic mass is 10.1. The molecule has 0 saturated carbocycles. The fourth-order valence-electron chi connectivity index (χ4n) is 0.994. The molecule has 2 nitrogen and oxygen atoms in total. The van der Waals surface area contributed by atoms with Gasteiger partial charge in [0.2, 0.25) is 0 Å². The van der Waals surface area contributed by atoms with E-state index in [2.05, 4.69) is 4.74 Å². The van der Waals surface area contributed by atoms with Gasteiger partial charge in [-0.05, 0) is 18.2 Å². The highest BCUT2D eigenvalue weighted by atomic mass is 35.5. The van der Waals surface area contributed by atoms with Gasteiger partial charge < -0.3 is 4.74 Å². The van der Waals surface area contributed by atoms with Crippen molar-refractivity contribution in [3.63, 3.8) is 0 Å². The van der Waals surface area contributed by atoms with Gasteiger partial charge in [0.15, 0.2) is 5.78 Å². The summed E-state index contributed by atoms with van der Waals surface area (Å²) in [6, 6.07) is 4.30. The molecule has 0 bridgehead atoms. The average Bonchev–Trinajstić information content (AvgIpc) is 2.21. The summed E-state index contributed by atoms with van der Waals surface area (Å²) in [5.74, 6) is -0.417. The van der Waals surface area contributed by atoms with Crippen LogP contribution in [0.2, 0.25) is 10.0 Å². The van der Waals surface area contributed by atoms with Gasteiger partial charge in [-0.1, -0.05) is 23.2 Å². The fraction of sp³-hybridized carbons (Fsp3) is 0.300. The number of alkyl halides is 2. The van der Waals surface area contributed by atoms with Crippen LogP contribution in [0, 0.1) is 0 Å². The molecular formula is C10H8Cl2F2O2. The van der Waals surface area contributed by atoms with Gasteiger partial charge in [0, 0.05) is 5.56 Å². The number of benzene rings is 1. The van der Waals surface area contributed by atoms with E-state index in [4.69, 9.17) is 23.2 Å². The van der Waals surface area contributed by atoms with Crippen LogP contribution in [0.4, 0.5) is 8.78 Å². The standard InChI is InChI=1S/C10H8Cl2F2O2/c11-7-2-1-6(3-8(7)12)9(15)4-16-5-10(13)14/h1-3,10H,4-5H2. The Hall–Kier alpha value is -0.710. The minimum Gasteiger partial charge on any atom is -0.367 e. The fourth-order valence-corrected chi connectivity index (χ4v) is 1.29. The topological polar surface area (TPSA) is 26.3 Å². The molecule has 0 aliphatic carbocycles. The molecule has 16 heavy (non-hydrogen) atoms. The number of hydrogen-bond donors (Lipinski definition) is 0. The third kappa shape index (κ3) is 4.04. The van der Waals surface area contributed by atoms with Crippen molar-refractivity contribution in [2.24, 2.45) is 0 Å². The molecule has 0 fully saturated rings. The quantitative estimate of drug-likeness (QED) is 0.765. The van der Waals surface area contributed by atoms with E-state index < -0.39 is 25.4 Å². The Morgan fingerprint density at radius 2 is 2.00 bits per heavy atom. The minimum atomic E-state index is -2.58. The molecule has 0 radical (unpaired) electrons. The Labute approximate surface area is 101 Å². The Morgan fingerprint density at radius 3 is 2.56 bits per heavy atom. The maximum atomic E-state index is 11.7. The van der Waals surface area contributed by atoms with Crippen molar-refractivity contribution in [3.05, 3.63) is 33.8 Å². The zero-order valence-electron chi connectivity index (χ0n) is 8.05. The first-order chi connectivity index (χ1) is 7.50. The molecule has 0 aliphatic rings. The number of hydrogen-bond acceptors (Lipinski definition) is 2. The first kappa shape index (κ1) is 13.4. The van der Waals surface area contributed by atoms with E-state index >= 15 is 0 Å². The Bertz CT molecular complexity index is 383. The molecule has 0 heterocycles. The largest absolute Gasteiger partial charge is 0.367 e. The van der Waals surface area contributed by atoms with Crippen LogP contribution in [0.1, 0.15) is 10.4 Å². The monoisotopic (exact) mass is 268 g/mol. The Balaban J connectivity index is 2.56. The molecule has 0 atom stereocenters. The number of carbonyl (C=O) groups excluding carboxylic acids is 1. The van der Waals surface area contributed by atoms with Crippen LogP contribution in [-0.2, 0) is 4.74 Å². The average molecular weight is 269 g/mol. The van der Waals surface area contributed by atoms with Crippen LogP contribution >= 0.6 is 23.2 Å². The molecule has 0 aliphatic heterocycles. The summed E-state index contributed by atoms with van der Waals surface area (Å²) in [6.45, 7) is -1.16. The van der Waals surface area contributed by atoms with Gasteiger partial charge in [-0.2, -0.15) is 0 Å². The molecule has 0 aromatic heterocycles. The SMILES string of the molecule is O=C(COCC(F)F)c1ccc(Cl)c(Cl)c1. The van der Waals surface area contributed by atoms with Gasteiger partial charge in [0.1, 0.15) is 13.2 Å². The third-order valence-corrected chi connectivity index (χ3v) is 2.46. The molecular weight excluding hydrogens is 261 g/mol. The van der Waals surface area contributed by atoms with Crippen molar-refractivity contribution < 1.29 is 18.3 Å². The first-order valence-electron chi connectivity index (χ1n) is 4.35. The molecule has 1 rings (SSSR count). The maximum absolute atomic E-state index is 11.7. The number of halogens is 4. The van der Waals surface area contributed by atoms with Gasteiger partial charge in [-0.3, -0.25) is 4.79 Å². The van der Waals surface area contributed by atoms with E-state index in [9.17, 15) is 13.6 Å². The maximum Gasteiger partial charge on any atom is 0.261 e. The summed E-state index contributed by atoms with van der Waals surface area (Å²) in [5.41, 5.74) is 0.281. The zero-order valence-corrected chi connectivity index (χ0v) is 9.56. The Kier molecular flexibility index (Phi) is 5.12. The normalized spacial score (nSPS) is 10.8. The van der Waals surface area contributed by atoms with Crippen molar-refractivity contribution in [2.75, 3.05) is 13.2 Å². The van der Waals surface area contributed by atoms with E-state index in [0.29, 0.717) is 5.02 Å². The third-order valence-electron chi connectivity index (χ3n) is 1.72. The molecule has 0 amide bonds. The van der Waals surface area contributed by atoms with Gasteiger partial charge in [0.05, 0.1) is 10.0 Å². The predicted octanol–water partition coefficient (Wildman–Crippen LogP) is 3.46. The van der Waals surface area contributed by atoms with Crippen LogP contribution in [0.3, 0.4) is 0 Å². The minimum absolute atomic E-state index is 0.237. The van der Waals surface area contributed by atoms with Crippen molar-refractivity contribution in [3.8, 4) is 0 Å². The lowest BCUT2D eigenvalue weighted by molar-refractivity contribution is 0.0196. The van der Waals surface area contributed by atoms with Gasteiger partial charge >= 0.3 is 0 Å². The zero-order chi connectivity index (χ0) is 12.1. The second kappa shape index (κ2) is 6.13. The molecule has 1 aromatic carbocycles. The molecule has 1 aromatic rings. The number of ether oxygens (including phenoxy) is 1. The van der Waals surface area contributed by atoms with Crippen LogP contribution in [0.15, 0.2) is 18.2 Å². The number of ketones is 1. The highest BCUT2D eigenvalue weighted by molar-refractivity contribution is 6.42. The van der Waals surface area contributed by atoms with Gasteiger partial charge in [-0.25, -0.2) is 8.78 Å². The number of rotatable bonds is 5. The summed E-state index contributed by atoms with van der Waals surface area (Å²) in [7, 11) is 0. The van der Waals surface area contributed by atoms with Crippen molar-refractivity contribution in [1.82, 2.24) is 0 Å². The van der Waals surface area contributed by atoms with Gasteiger partial charge in [0.25, 0.3) is 6.43 Å². The second-order valence-electron chi connectivity index (χ2n) is 2.96. The van der Waals surface area contributed by atoms with E-state index in [1.165, 1.54) is 18.2 Å². The lowest BCUT2D eigenvalue weighted by Gasteiger charge is -2.04. The van der Waals surface area contributed by atoms with Crippen LogP contribution in [-0.4, -0.2) is 25.4 Å². The lowest BCUT2D eigenvalue weighted by Crippen LogP contribution is -2.13. The van der Waals surface area contributed by atoms with E-state index in [-0.39, 0.29) is 10.6 Å². The predicted molar refractivity (Wildman–Crippen MR) is 57.6 cm³/mol. The van der Waals surface area contributed by atoms with Gasteiger partial charge in [-0.15, -0.1) is 0 Å². The Morgan fingerprint density at radius 1 is 1.31 bits per heavy atom. The first-order valence-corrected chi connectivity index (χ1v) is 5.10. The highest BCUT2D eigenvalue weighted by Gasteiger charge is 2.10. The number of Topliss-reactive ketones (excluding diaryl/α,β-unsaturated/α-hetero) is 1. The molecule has 0 spiro atoms. The van der Waals surface area contributed by atoms with E-state index in [0.717, 1.165) is 0 Å². The molecule has 88 valence electrons. The van der Waals surface area contributed by atoms with Crippen molar-refractivity contribution in [1.29, 1.82) is 0 Å². The van der Waals surface area contributed by atoms with Crippen LogP contribution in [0.25, 0.3) is 0 Å². The molecule has 6 heteroatoms. The van der Waals surface area contributed by atoms with Crippen molar-refractivity contribution >= 4 is 29.0 Å². The molecule has 0 unspecified atom stereocenters. The summed E-state index contributed by atoms with van der Waals surface area (Å²) < 4.78 is 28.0. The molecule has 0 N–H and O–H groups in total. The summed E-state index contributed by atoms with van der Waals surface area (Å²) in [5, 5.41) is 0.563. The highest BCUT2D eigenvalue weighted by Crippen LogP contribution is 2.22. The number of carbonyl (C=O) groups is 1. The summed E-state index contributed by atoms with van der Waals surface area (Å²) in [4.78, 5) is 11.4. The molecule has 0 saturated heterocycles. The second-order valence-corrected chi connectivity index (χ2v) is 3.77. The van der Waals surface area contributed by atoms with Crippen LogP contribution < -0.4 is 0 Å². The van der Waals surface area contributed by atoms with Crippen LogP contribution in [0.5, 0.6) is 0 Å². The summed E-state index contributed by atoms with van der Waals surface area (Å²) in [6.07, 6.45) is -2.58.